The standard InChI is InChI=1S/C83H158N20O17/c1-48(2)41-62(100-75(111)60(33-34-69(104)105)91-70(106)55(90)27-15-21-35-84)76(112)94-58(30-18-24-38-87)73(109)98-67(46-53(11)12)81(117)101-63(42-49(3)4)77(113)93-56(28-16-22-36-85)71(107)92-57(29-17-23-37-86)72(108)97-66(45-52(9)10)80(116)102-64(43-50(5)6)78(114)95-59(31-19-25-39-88)74(110)99-68(47-54(13)14)82(118)103-65(44-51(7)8)79(115)96-61(83(119)120)32-20-26-40-89/h48-68H,15-47,84-90H2,1-14H3,(H,91,106)(H,92,107)(H,93,113)(H,94,112)(H,95,114)(H,96,115)(H,97,108)(H,98,109)(H,99,110)(H,100,111)(H,101,117)(H,102,116)(H,103,118)(H,104,105)(H,119,120)/t55-,56-,57-,58-,59-,60-,61-,62-,63-,64-,65-,66-,67-,68-/m0/s1. The molecule has 0 aliphatic heterocycles. The van der Waals surface area contributed by atoms with Crippen LogP contribution in [0.2, 0.25) is 0 Å². The van der Waals surface area contributed by atoms with Crippen LogP contribution in [0.5, 0.6) is 0 Å². The molecule has 37 nitrogen and oxygen atoms in total. The van der Waals surface area contributed by atoms with Crippen LogP contribution in [0, 0.1) is 41.4 Å². The Morgan fingerprint density at radius 3 is 0.533 bits per heavy atom. The second kappa shape index (κ2) is 62.8. The molecule has 0 aliphatic rings. The number of nitrogens with two attached hydrogens (primary N) is 7. The predicted octanol–water partition coefficient (Wildman–Crippen LogP) is 0.662. The zero-order valence-corrected chi connectivity index (χ0v) is 74.5. The van der Waals surface area contributed by atoms with E-state index in [-0.39, 0.29) is 157 Å². The summed E-state index contributed by atoms with van der Waals surface area (Å²) in [6.07, 6.45) is 5.23. The molecule has 0 saturated heterocycles. The molecule has 0 heterocycles. The Morgan fingerprint density at radius 1 is 0.208 bits per heavy atom. The molecule has 0 saturated carbocycles. The lowest BCUT2D eigenvalue weighted by atomic mass is 9.98. The van der Waals surface area contributed by atoms with Crippen LogP contribution >= 0.6 is 0 Å². The fourth-order valence-corrected chi connectivity index (χ4v) is 13.4. The van der Waals surface area contributed by atoms with Crippen molar-refractivity contribution in [2.45, 2.75) is 355 Å². The Labute approximate surface area is 712 Å². The van der Waals surface area contributed by atoms with Gasteiger partial charge >= 0.3 is 11.9 Å². The van der Waals surface area contributed by atoms with Gasteiger partial charge in [-0.1, -0.05) is 103 Å². The summed E-state index contributed by atoms with van der Waals surface area (Å²) < 4.78 is 0. The average molecular weight is 1710 g/mol. The molecule has 0 aromatic carbocycles. The normalized spacial score (nSPS) is 15.1. The highest BCUT2D eigenvalue weighted by Crippen LogP contribution is 2.19. The number of carboxylic acids is 2. The smallest absolute Gasteiger partial charge is 0.326 e. The van der Waals surface area contributed by atoms with Gasteiger partial charge in [0.1, 0.15) is 78.5 Å². The van der Waals surface area contributed by atoms with Gasteiger partial charge in [-0.05, 0) is 241 Å². The van der Waals surface area contributed by atoms with E-state index in [4.69, 9.17) is 40.1 Å². The van der Waals surface area contributed by atoms with Gasteiger partial charge in [-0.3, -0.25) is 67.1 Å². The van der Waals surface area contributed by atoms with Crippen LogP contribution in [0.4, 0.5) is 0 Å². The van der Waals surface area contributed by atoms with E-state index in [0.29, 0.717) is 90.1 Å². The quantitative estimate of drug-likeness (QED) is 0.0372. The molecule has 0 aliphatic carbocycles. The molecule has 0 spiro atoms. The lowest BCUT2D eigenvalue weighted by Gasteiger charge is -2.30. The van der Waals surface area contributed by atoms with Crippen molar-refractivity contribution in [1.82, 2.24) is 69.1 Å². The lowest BCUT2D eigenvalue weighted by molar-refractivity contribution is -0.142. The maximum absolute atomic E-state index is 14.9. The summed E-state index contributed by atoms with van der Waals surface area (Å²) in [7, 11) is 0. The maximum atomic E-state index is 14.9. The van der Waals surface area contributed by atoms with E-state index < -0.39 is 180 Å². The summed E-state index contributed by atoms with van der Waals surface area (Å²) in [5.74, 6) is -13.9. The Bertz CT molecular complexity index is 3110. The highest BCUT2D eigenvalue weighted by molar-refractivity contribution is 6.00. The number of carbonyl (C=O) groups is 15. The number of hydrogen-bond acceptors (Lipinski definition) is 22. The predicted molar refractivity (Wildman–Crippen MR) is 461 cm³/mol. The van der Waals surface area contributed by atoms with Crippen molar-refractivity contribution in [3.8, 4) is 0 Å². The van der Waals surface area contributed by atoms with Crippen molar-refractivity contribution in [2.24, 2.45) is 81.6 Å². The summed E-state index contributed by atoms with van der Waals surface area (Å²) in [4.78, 5) is 211. The topological polar surface area (TPSA) is 635 Å². The Balaban J connectivity index is 7.36. The molecule has 0 unspecified atom stereocenters. The highest BCUT2D eigenvalue weighted by Gasteiger charge is 2.39. The van der Waals surface area contributed by atoms with Crippen molar-refractivity contribution in [3.05, 3.63) is 0 Å². The molecule has 692 valence electrons. The molecular weight excluding hydrogens is 1550 g/mol. The SMILES string of the molecule is CC(C)C[C@H](NC(=O)[C@H](CC(C)C)NC(=O)[C@H](CCCCN)NC(=O)[C@H](CC(C)C)NC(=O)[C@H](CC(C)C)NC(=O)[C@H](CCCCN)NC(=O)[C@H](CCCCN)NC(=O)[C@H](CC(C)C)NC(=O)[C@H](CC(C)C)NC(=O)[C@H](CCCCN)NC(=O)[C@H](CC(C)C)NC(=O)[C@H](CCC(=O)O)NC(=O)[C@@H](N)CCCCN)C(=O)N[C@@H](CCCCN)C(=O)O. The van der Waals surface area contributed by atoms with Crippen LogP contribution in [0.3, 0.4) is 0 Å². The molecule has 29 N–H and O–H groups in total. The van der Waals surface area contributed by atoms with Gasteiger partial charge in [0.05, 0.1) is 6.04 Å². The fourth-order valence-electron chi connectivity index (χ4n) is 13.4. The first-order valence-electron chi connectivity index (χ1n) is 43.8. The molecule has 0 fully saturated rings. The fraction of sp³-hybridized carbons (Fsp3) is 0.819. The van der Waals surface area contributed by atoms with Gasteiger partial charge in [0.25, 0.3) is 0 Å². The van der Waals surface area contributed by atoms with E-state index in [0.717, 1.165) is 0 Å². The summed E-state index contributed by atoms with van der Waals surface area (Å²) in [5.41, 5.74) is 40.9. The molecule has 0 rings (SSSR count). The molecule has 0 aromatic rings. The number of hydrogen-bond donors (Lipinski definition) is 22. The molecule has 13 amide bonds. The van der Waals surface area contributed by atoms with Gasteiger partial charge in [0, 0.05) is 6.42 Å². The monoisotopic (exact) mass is 1710 g/mol. The summed E-state index contributed by atoms with van der Waals surface area (Å²) in [6, 6.07) is -17.9. The largest absolute Gasteiger partial charge is 0.481 e. The summed E-state index contributed by atoms with van der Waals surface area (Å²) in [5, 5.41) is 55.2. The van der Waals surface area contributed by atoms with Gasteiger partial charge in [-0.2, -0.15) is 0 Å². The third-order valence-corrected chi connectivity index (χ3v) is 19.8. The molecule has 0 aromatic heterocycles. The molecule has 37 heteroatoms. The van der Waals surface area contributed by atoms with Crippen LogP contribution in [-0.4, -0.2) is 223 Å². The van der Waals surface area contributed by atoms with E-state index in [1.165, 1.54) is 0 Å². The van der Waals surface area contributed by atoms with Crippen LogP contribution < -0.4 is 109 Å². The van der Waals surface area contributed by atoms with Crippen LogP contribution in [0.1, 0.15) is 270 Å². The number of amides is 13. The van der Waals surface area contributed by atoms with Crippen molar-refractivity contribution >= 4 is 88.7 Å². The number of aliphatic carboxylic acids is 2. The Morgan fingerprint density at radius 2 is 0.358 bits per heavy atom. The summed E-state index contributed by atoms with van der Waals surface area (Å²) in [6.45, 7) is 27.0. The van der Waals surface area contributed by atoms with E-state index in [9.17, 15) is 82.1 Å². The van der Waals surface area contributed by atoms with E-state index >= 15 is 0 Å². The third kappa shape index (κ3) is 49.0. The minimum Gasteiger partial charge on any atom is -0.481 e. The average Bonchev–Trinajstić information content (AvgIpc) is 0.854. The first-order chi connectivity index (χ1) is 56.5. The van der Waals surface area contributed by atoms with Crippen molar-refractivity contribution in [2.75, 3.05) is 39.3 Å². The number of carbonyl (C=O) groups excluding carboxylic acids is 13. The minimum atomic E-state index is -1.41. The molecule has 14 atom stereocenters. The third-order valence-electron chi connectivity index (χ3n) is 19.8. The second-order valence-corrected chi connectivity index (χ2v) is 34.8. The zero-order chi connectivity index (χ0) is 91.3. The van der Waals surface area contributed by atoms with Crippen molar-refractivity contribution in [1.29, 1.82) is 0 Å². The van der Waals surface area contributed by atoms with Gasteiger partial charge in [-0.25, -0.2) is 4.79 Å². The molecule has 0 radical (unpaired) electrons. The zero-order valence-electron chi connectivity index (χ0n) is 74.5. The van der Waals surface area contributed by atoms with Gasteiger partial charge in [0.15, 0.2) is 0 Å². The molecule has 0 bridgehead atoms. The number of nitrogens with one attached hydrogen (secondary N) is 13. The Hall–Kier alpha value is -8.23. The second-order valence-electron chi connectivity index (χ2n) is 34.8. The van der Waals surface area contributed by atoms with E-state index in [1.807, 2.05) is 83.1 Å². The van der Waals surface area contributed by atoms with Crippen LogP contribution in [0.15, 0.2) is 0 Å². The van der Waals surface area contributed by atoms with Crippen molar-refractivity contribution < 1.29 is 82.1 Å². The van der Waals surface area contributed by atoms with Gasteiger partial charge in [-0.15, -0.1) is 0 Å². The number of carboxylic acid groups (broad SMARTS) is 2. The van der Waals surface area contributed by atoms with Crippen LogP contribution in [0.25, 0.3) is 0 Å². The van der Waals surface area contributed by atoms with Gasteiger partial charge in [0.2, 0.25) is 76.8 Å². The maximum Gasteiger partial charge on any atom is 0.326 e. The minimum absolute atomic E-state index is 0.0144. The van der Waals surface area contributed by atoms with Crippen molar-refractivity contribution in [3.63, 3.8) is 0 Å². The highest BCUT2D eigenvalue weighted by atomic mass is 16.4. The summed E-state index contributed by atoms with van der Waals surface area (Å²) >= 11 is 0. The van der Waals surface area contributed by atoms with E-state index in [1.54, 1.807) is 13.8 Å². The van der Waals surface area contributed by atoms with Crippen LogP contribution in [-0.2, 0) is 71.9 Å². The number of rotatable bonds is 68. The molecule has 120 heavy (non-hydrogen) atoms. The van der Waals surface area contributed by atoms with E-state index in [2.05, 4.69) is 69.1 Å². The first kappa shape index (κ1) is 112. The first-order valence-corrected chi connectivity index (χ1v) is 43.8. The van der Waals surface area contributed by atoms with Gasteiger partial charge < -0.3 is 119 Å². The number of unbranched alkanes of at least 4 members (excludes halogenated alkanes) is 6. The molecular formula is C83H158N20O17. The Kier molecular flexibility index (Phi) is 58.5. The lowest BCUT2D eigenvalue weighted by Crippen LogP contribution is -2.61.